The first kappa shape index (κ1) is 30.4. The van der Waals surface area contributed by atoms with Gasteiger partial charge < -0.3 is 80.1 Å². The Hall–Kier alpha value is -1.13. The number of aliphatic hydroxyl groups is 10. The van der Waals surface area contributed by atoms with Crippen molar-refractivity contribution in [2.24, 2.45) is 0 Å². The van der Waals surface area contributed by atoms with Gasteiger partial charge in [-0.05, 0) is 0 Å². The van der Waals surface area contributed by atoms with Crippen molar-refractivity contribution in [2.75, 3.05) is 19.8 Å². The predicted octanol–water partition coefficient (Wildman–Crippen LogP) is -7.43. The first-order chi connectivity index (χ1) is 17.4. The Morgan fingerprint density at radius 3 is 1.70 bits per heavy atom. The van der Waals surface area contributed by atoms with E-state index < -0.39 is 118 Å². The molecule has 3 heterocycles. The summed E-state index contributed by atoms with van der Waals surface area (Å²) in [5.41, 5.74) is 0. The van der Waals surface area contributed by atoms with Crippen molar-refractivity contribution in [2.45, 2.75) is 99.0 Å². The zero-order valence-corrected chi connectivity index (χ0v) is 19.7. The van der Waals surface area contributed by atoms with E-state index in [1.807, 2.05) is 0 Å². The Kier molecular flexibility index (Phi) is 10.5. The standard InChI is InChI=1S/C20H35NO16/c1-5(25)21-9-12(28)16(8(4-24)33-18(9)32)36-20-15(31)17(11(27)7(3-23)35-20)37-19-14(30)13(29)10(26)6(2-22)34-19/h6-20,22-24,26-32H,2-4H2,1H3,(H,21,25)/t6?,7-,8?,9-,10+,11-,12?,13?,14-,15?,16+,17?,18-,19+,20-/m1/s1. The topological polar surface area (TPSA) is 278 Å². The summed E-state index contributed by atoms with van der Waals surface area (Å²) in [5, 5.41) is 103. The van der Waals surface area contributed by atoms with Crippen molar-refractivity contribution in [1.82, 2.24) is 5.32 Å². The lowest BCUT2D eigenvalue weighted by atomic mass is 9.95. The fraction of sp³-hybridized carbons (Fsp3) is 0.950. The van der Waals surface area contributed by atoms with Crippen LogP contribution in [0.3, 0.4) is 0 Å². The van der Waals surface area contributed by atoms with Crippen LogP contribution in [-0.2, 0) is 28.5 Å². The molecule has 3 saturated heterocycles. The first-order valence-corrected chi connectivity index (χ1v) is 11.6. The molecular formula is C20H35NO16. The molecule has 15 atom stereocenters. The average molecular weight is 545 g/mol. The van der Waals surface area contributed by atoms with E-state index in [4.69, 9.17) is 23.7 Å². The Bertz CT molecular complexity index is 745. The Morgan fingerprint density at radius 1 is 0.649 bits per heavy atom. The molecule has 216 valence electrons. The van der Waals surface area contributed by atoms with Crippen molar-refractivity contribution in [1.29, 1.82) is 0 Å². The molecule has 0 bridgehead atoms. The molecule has 0 spiro atoms. The second kappa shape index (κ2) is 12.8. The minimum absolute atomic E-state index is 0.627. The minimum atomic E-state index is -1.91. The Balaban J connectivity index is 1.80. The number of hydrogen-bond donors (Lipinski definition) is 11. The van der Waals surface area contributed by atoms with Crippen molar-refractivity contribution in [3.8, 4) is 0 Å². The highest BCUT2D eigenvalue weighted by atomic mass is 16.7. The van der Waals surface area contributed by atoms with Crippen LogP contribution in [0, 0.1) is 0 Å². The van der Waals surface area contributed by atoms with Gasteiger partial charge in [0.15, 0.2) is 18.9 Å². The second-order valence-corrected chi connectivity index (χ2v) is 9.07. The zero-order chi connectivity index (χ0) is 27.6. The molecule has 6 unspecified atom stereocenters. The van der Waals surface area contributed by atoms with Crippen LogP contribution in [0.25, 0.3) is 0 Å². The Morgan fingerprint density at radius 2 is 1.16 bits per heavy atom. The molecular weight excluding hydrogens is 510 g/mol. The van der Waals surface area contributed by atoms with Gasteiger partial charge in [-0.1, -0.05) is 0 Å². The summed E-state index contributed by atoms with van der Waals surface area (Å²) in [4.78, 5) is 11.5. The quantitative estimate of drug-likeness (QED) is 0.135. The molecule has 11 N–H and O–H groups in total. The molecule has 37 heavy (non-hydrogen) atoms. The molecule has 0 aromatic carbocycles. The van der Waals surface area contributed by atoms with Gasteiger partial charge in [-0.25, -0.2) is 0 Å². The van der Waals surface area contributed by atoms with Crippen molar-refractivity contribution in [3.05, 3.63) is 0 Å². The number of amides is 1. The largest absolute Gasteiger partial charge is 0.394 e. The molecule has 0 aromatic heterocycles. The molecule has 17 nitrogen and oxygen atoms in total. The number of ether oxygens (including phenoxy) is 5. The maximum absolute atomic E-state index is 11.5. The van der Waals surface area contributed by atoms with E-state index in [1.54, 1.807) is 0 Å². The number of rotatable bonds is 8. The third-order valence-electron chi connectivity index (χ3n) is 6.50. The van der Waals surface area contributed by atoms with Crippen LogP contribution in [0.2, 0.25) is 0 Å². The van der Waals surface area contributed by atoms with E-state index in [0.717, 1.165) is 6.92 Å². The van der Waals surface area contributed by atoms with Gasteiger partial charge in [0, 0.05) is 6.92 Å². The molecule has 0 saturated carbocycles. The molecule has 3 aliphatic heterocycles. The van der Waals surface area contributed by atoms with Crippen molar-refractivity contribution < 1.29 is 79.5 Å². The average Bonchev–Trinajstić information content (AvgIpc) is 2.86. The lowest BCUT2D eigenvalue weighted by Crippen LogP contribution is -2.68. The van der Waals surface area contributed by atoms with E-state index >= 15 is 0 Å². The van der Waals surface area contributed by atoms with E-state index in [2.05, 4.69) is 5.32 Å². The second-order valence-electron chi connectivity index (χ2n) is 9.07. The van der Waals surface area contributed by atoms with E-state index in [-0.39, 0.29) is 0 Å². The summed E-state index contributed by atoms with van der Waals surface area (Å²) < 4.78 is 26.9. The van der Waals surface area contributed by atoms with Crippen LogP contribution in [0.15, 0.2) is 0 Å². The fourth-order valence-corrected chi connectivity index (χ4v) is 4.46. The van der Waals surface area contributed by atoms with Gasteiger partial charge in [0.25, 0.3) is 0 Å². The normalized spacial score (nSPS) is 49.0. The molecule has 0 radical (unpaired) electrons. The number of hydrogen-bond acceptors (Lipinski definition) is 16. The molecule has 1 amide bonds. The number of aliphatic hydroxyl groups excluding tert-OH is 10. The maximum Gasteiger partial charge on any atom is 0.217 e. The number of carbonyl (C=O) groups is 1. The van der Waals surface area contributed by atoms with E-state index in [1.165, 1.54) is 0 Å². The first-order valence-electron chi connectivity index (χ1n) is 11.6. The smallest absolute Gasteiger partial charge is 0.217 e. The third kappa shape index (κ3) is 6.38. The fourth-order valence-electron chi connectivity index (χ4n) is 4.46. The lowest BCUT2D eigenvalue weighted by molar-refractivity contribution is -0.375. The van der Waals surface area contributed by atoms with Crippen LogP contribution in [0.1, 0.15) is 6.92 Å². The summed E-state index contributed by atoms with van der Waals surface area (Å²) in [6.45, 7) is -1.23. The van der Waals surface area contributed by atoms with Gasteiger partial charge in [-0.2, -0.15) is 0 Å². The SMILES string of the molecule is CC(=O)N[C@@H]1C(O)[C@@H](O[C@H]2O[C@H](CO)[C@@H](O)C(O[C@@H]3OC(CO)[C@H](O)C(O)[C@H]3O)C2O)C(CO)O[C@H]1O. The van der Waals surface area contributed by atoms with Crippen LogP contribution in [0.5, 0.6) is 0 Å². The number of nitrogens with one attached hydrogen (secondary N) is 1. The van der Waals surface area contributed by atoms with Crippen molar-refractivity contribution >= 4 is 5.91 Å². The molecule has 3 rings (SSSR count). The van der Waals surface area contributed by atoms with Gasteiger partial charge in [0.1, 0.15) is 73.2 Å². The van der Waals surface area contributed by atoms with Crippen LogP contribution >= 0.6 is 0 Å². The Labute approximate surface area is 210 Å². The van der Waals surface area contributed by atoms with Gasteiger partial charge in [0.2, 0.25) is 5.91 Å². The third-order valence-corrected chi connectivity index (χ3v) is 6.50. The van der Waals surface area contributed by atoms with Gasteiger partial charge in [-0.3, -0.25) is 4.79 Å². The summed E-state index contributed by atoms with van der Waals surface area (Å²) in [6.07, 6.45) is -23.4. The van der Waals surface area contributed by atoms with Crippen LogP contribution in [0.4, 0.5) is 0 Å². The van der Waals surface area contributed by atoms with Gasteiger partial charge in [0.05, 0.1) is 19.8 Å². The summed E-state index contributed by atoms with van der Waals surface area (Å²) in [5.74, 6) is -0.627. The van der Waals surface area contributed by atoms with Crippen molar-refractivity contribution in [3.63, 3.8) is 0 Å². The molecule has 3 fully saturated rings. The molecule has 0 aliphatic carbocycles. The predicted molar refractivity (Wildman–Crippen MR) is 113 cm³/mol. The highest BCUT2D eigenvalue weighted by Crippen LogP contribution is 2.32. The molecule has 0 aromatic rings. The maximum atomic E-state index is 11.5. The highest BCUT2D eigenvalue weighted by Gasteiger charge is 2.53. The summed E-state index contributed by atoms with van der Waals surface area (Å²) >= 11 is 0. The van der Waals surface area contributed by atoms with E-state index in [9.17, 15) is 55.9 Å². The van der Waals surface area contributed by atoms with Crippen LogP contribution in [-0.4, -0.2) is 169 Å². The van der Waals surface area contributed by atoms with Crippen LogP contribution < -0.4 is 5.32 Å². The molecule has 3 aliphatic rings. The monoisotopic (exact) mass is 545 g/mol. The minimum Gasteiger partial charge on any atom is -0.394 e. The summed E-state index contributed by atoms with van der Waals surface area (Å²) in [7, 11) is 0. The van der Waals surface area contributed by atoms with E-state index in [0.29, 0.717) is 0 Å². The lowest BCUT2D eigenvalue weighted by Gasteiger charge is -2.48. The zero-order valence-electron chi connectivity index (χ0n) is 19.7. The number of carbonyl (C=O) groups excluding carboxylic acids is 1. The van der Waals surface area contributed by atoms with Gasteiger partial charge in [-0.15, -0.1) is 0 Å². The van der Waals surface area contributed by atoms with Gasteiger partial charge >= 0.3 is 0 Å². The summed E-state index contributed by atoms with van der Waals surface area (Å²) in [6, 6.07) is -1.40. The highest BCUT2D eigenvalue weighted by molar-refractivity contribution is 5.73. The molecule has 17 heteroatoms.